The zero-order valence-corrected chi connectivity index (χ0v) is 63.1. The third-order valence-electron chi connectivity index (χ3n) is 18.2. The maximum Gasteiger partial charge on any atom is 0.438 e. The van der Waals surface area contributed by atoms with Gasteiger partial charge in [0.15, 0.2) is 5.15 Å². The van der Waals surface area contributed by atoms with E-state index in [9.17, 15) is 68.4 Å². The second-order valence-corrected chi connectivity index (χ2v) is 35.4. The van der Waals surface area contributed by atoms with Crippen molar-refractivity contribution in [1.82, 2.24) is 60.4 Å². The molecule has 36 heteroatoms. The van der Waals surface area contributed by atoms with E-state index in [-0.39, 0.29) is 54.3 Å². The first-order valence-corrected chi connectivity index (χ1v) is 37.4. The van der Waals surface area contributed by atoms with Gasteiger partial charge in [-0.15, -0.1) is 13.2 Å². The van der Waals surface area contributed by atoms with Crippen LogP contribution in [0.5, 0.6) is 23.3 Å². The molecule has 4 saturated carbocycles. The third-order valence-corrected chi connectivity index (χ3v) is 22.1. The van der Waals surface area contributed by atoms with Gasteiger partial charge < -0.3 is 59.5 Å². The fraction of sp³-hybridized carbons (Fsp3) is 0.594. The van der Waals surface area contributed by atoms with E-state index in [2.05, 4.69) is 63.8 Å². The number of amides is 8. The molecule has 8 amide bonds. The lowest BCUT2D eigenvalue weighted by atomic mass is 9.85. The molecule has 30 nitrogen and oxygen atoms in total. The summed E-state index contributed by atoms with van der Waals surface area (Å²) in [6.45, 7) is 27.0. The smallest absolute Gasteiger partial charge is 0.438 e. The summed E-state index contributed by atoms with van der Waals surface area (Å²) in [5, 5.41) is 9.15. The first kappa shape index (κ1) is 80.2. The van der Waals surface area contributed by atoms with Crippen molar-refractivity contribution in [2.45, 2.75) is 210 Å². The van der Waals surface area contributed by atoms with Crippen molar-refractivity contribution < 1.29 is 96.8 Å². The van der Waals surface area contributed by atoms with Crippen molar-refractivity contribution in [2.75, 3.05) is 27.3 Å². The van der Waals surface area contributed by atoms with Crippen LogP contribution in [0.4, 0.5) is 22.8 Å². The minimum Gasteiger partial charge on any atom is -0.497 e. The van der Waals surface area contributed by atoms with Crippen molar-refractivity contribution >= 4 is 101 Å². The highest BCUT2D eigenvalue weighted by molar-refractivity contribution is 7.91. The van der Waals surface area contributed by atoms with E-state index in [1.165, 1.54) is 49.5 Å². The minimum absolute atomic E-state index is 0.00472. The van der Waals surface area contributed by atoms with E-state index < -0.39 is 184 Å². The number of likely N-dealkylation sites (tertiary alicyclic amines) is 2. The molecule has 574 valence electrons. The Balaban J connectivity index is 0.000000244. The van der Waals surface area contributed by atoms with Crippen LogP contribution in [0.2, 0.25) is 5.15 Å². The Morgan fingerprint density at radius 2 is 0.943 bits per heavy atom. The van der Waals surface area contributed by atoms with Gasteiger partial charge in [-0.05, 0) is 115 Å². The normalized spacial score (nSPS) is 23.8. The summed E-state index contributed by atoms with van der Waals surface area (Å²) >= 11 is 6.46. The Hall–Kier alpha value is -8.86. The zero-order chi connectivity index (χ0) is 77.9. The van der Waals surface area contributed by atoms with Gasteiger partial charge in [-0.1, -0.05) is 65.3 Å². The van der Waals surface area contributed by atoms with E-state index in [4.69, 9.17) is 40.0 Å². The number of sulfonamides is 2. The number of hydrogen-bond donors (Lipinski definition) is 6. The molecule has 105 heavy (non-hydrogen) atoms. The molecule has 0 unspecified atom stereocenters. The van der Waals surface area contributed by atoms with Crippen LogP contribution in [0.15, 0.2) is 61.7 Å². The van der Waals surface area contributed by atoms with E-state index in [1.54, 1.807) is 101 Å². The van der Waals surface area contributed by atoms with E-state index >= 15 is 0 Å². The molecule has 10 rings (SSSR count). The number of nitrogens with zero attached hydrogens (tertiary/aromatic N) is 6. The van der Waals surface area contributed by atoms with Gasteiger partial charge in [-0.2, -0.15) is 13.2 Å². The van der Waals surface area contributed by atoms with Crippen molar-refractivity contribution in [3.63, 3.8) is 0 Å². The Labute approximate surface area is 611 Å². The number of methoxy groups -OCH3 is 2. The number of benzene rings is 2. The lowest BCUT2D eigenvalue weighted by molar-refractivity contribution is -0.144. The van der Waals surface area contributed by atoms with Crippen molar-refractivity contribution in [3.8, 4) is 23.3 Å². The van der Waals surface area contributed by atoms with Gasteiger partial charge in [-0.25, -0.2) is 46.4 Å². The van der Waals surface area contributed by atoms with Crippen molar-refractivity contribution in [1.29, 1.82) is 0 Å². The highest BCUT2D eigenvalue weighted by Gasteiger charge is 2.64. The summed E-state index contributed by atoms with van der Waals surface area (Å²) in [6.07, 6.45) is -4.69. The number of aromatic nitrogens is 4. The van der Waals surface area contributed by atoms with Crippen LogP contribution in [0, 0.1) is 22.7 Å². The summed E-state index contributed by atoms with van der Waals surface area (Å²) in [6, 6.07) is 3.99. The van der Waals surface area contributed by atoms with Gasteiger partial charge >= 0.3 is 18.4 Å². The summed E-state index contributed by atoms with van der Waals surface area (Å²) in [7, 11) is -5.04. The number of hydrogen-bond acceptors (Lipinski definition) is 22. The first-order valence-electron chi connectivity index (χ1n) is 33.9. The number of fused-ring (bicyclic) bond motifs is 2. The third kappa shape index (κ3) is 18.9. The van der Waals surface area contributed by atoms with Crippen LogP contribution < -0.4 is 49.7 Å². The van der Waals surface area contributed by atoms with Gasteiger partial charge in [0, 0.05) is 36.8 Å². The van der Waals surface area contributed by atoms with E-state index in [0.29, 0.717) is 48.2 Å². The topological polar surface area (TPSA) is 390 Å². The molecular weight excluding hydrogens is 1440 g/mol. The molecule has 2 aromatic heterocycles. The number of alkyl carbamates (subject to hydrolysis) is 2. The Bertz CT molecular complexity index is 4370. The Kier molecular flexibility index (Phi) is 22.5. The highest BCUT2D eigenvalue weighted by Crippen LogP contribution is 2.48. The lowest BCUT2D eigenvalue weighted by Gasteiger charge is -2.36. The second-order valence-electron chi connectivity index (χ2n) is 31.1. The average molecular weight is 1530 g/mol. The summed E-state index contributed by atoms with van der Waals surface area (Å²) in [5.41, 5.74) is -7.50. The maximum atomic E-state index is 14.4. The Morgan fingerprint density at radius 3 is 1.28 bits per heavy atom. The predicted octanol–water partition coefficient (Wildman–Crippen LogP) is 6.86. The SMILES string of the molecule is C=C[C@@H]1C[C@]1(NC(=O)[C@@H]1C[C@@H](Oc2nc3cc(OC)ccc3nc2C(F)(F)F)CN1C(=O)[C@@H](NC(=O)OC(C)(C)C)C(C)(C)C)C(=O)NS(=O)(=O)C1CC1.C=C[C@@H]1C[C@]1(NC(=O)[C@@H]1C[C@@H](Oc2nc3cc(OC)ccc3nc2Cl)CN1C(=O)[C@@H](NC(=O)OC(C)(C)C)C(C)(C)C)C(=O)NS(=O)(=O)C1CC1. The number of carbonyl (C=O) groups is 8. The predicted molar refractivity (Wildman–Crippen MR) is 375 cm³/mol. The molecule has 2 aromatic carbocycles. The molecule has 4 aliphatic carbocycles. The van der Waals surface area contributed by atoms with Gasteiger partial charge in [0.05, 0.1) is 59.9 Å². The fourth-order valence-corrected chi connectivity index (χ4v) is 15.1. The van der Waals surface area contributed by atoms with Gasteiger partial charge in [0.2, 0.25) is 55.2 Å². The lowest BCUT2D eigenvalue weighted by Crippen LogP contribution is -2.60. The molecule has 0 spiro atoms. The zero-order valence-electron chi connectivity index (χ0n) is 60.7. The summed E-state index contributed by atoms with van der Waals surface area (Å²) in [5.74, 6) is -6.21. The number of rotatable bonds is 22. The van der Waals surface area contributed by atoms with Gasteiger partial charge in [0.1, 0.15) is 70.2 Å². The van der Waals surface area contributed by atoms with Crippen LogP contribution in [0.1, 0.15) is 140 Å². The number of alkyl halides is 3. The molecule has 4 heterocycles. The molecule has 2 aliphatic heterocycles. The molecule has 10 atom stereocenters. The molecule has 6 N–H and O–H groups in total. The Morgan fingerprint density at radius 1 is 0.571 bits per heavy atom. The number of carbonyl (C=O) groups excluding carboxylic acids is 8. The quantitative estimate of drug-likeness (QED) is 0.0437. The molecule has 2 saturated heterocycles. The van der Waals surface area contributed by atoms with Gasteiger partial charge in [0.25, 0.3) is 17.7 Å². The molecule has 4 aromatic rings. The second kappa shape index (κ2) is 29.5. The molecule has 6 aliphatic rings. The van der Waals surface area contributed by atoms with E-state index in [0.717, 1.165) is 4.90 Å². The van der Waals surface area contributed by atoms with Crippen LogP contribution in [0.3, 0.4) is 0 Å². The largest absolute Gasteiger partial charge is 0.497 e. The first-order chi connectivity index (χ1) is 48.5. The molecule has 0 radical (unpaired) electrons. The minimum atomic E-state index is -5.01. The number of nitrogens with one attached hydrogen (secondary N) is 6. The van der Waals surface area contributed by atoms with Gasteiger partial charge in [-0.3, -0.25) is 38.2 Å². The van der Waals surface area contributed by atoms with Crippen LogP contribution in [0.25, 0.3) is 22.1 Å². The van der Waals surface area contributed by atoms with Crippen molar-refractivity contribution in [2.24, 2.45) is 22.7 Å². The maximum absolute atomic E-state index is 14.4. The molecular formula is C69H90ClF3N12O18S2. The summed E-state index contributed by atoms with van der Waals surface area (Å²) < 4.78 is 131. The highest BCUT2D eigenvalue weighted by atomic mass is 35.5. The number of halogens is 4. The van der Waals surface area contributed by atoms with Crippen LogP contribution >= 0.6 is 11.6 Å². The summed E-state index contributed by atoms with van der Waals surface area (Å²) in [4.78, 5) is 129. The molecule has 6 fully saturated rings. The molecule has 0 bridgehead atoms. The fourth-order valence-electron chi connectivity index (χ4n) is 12.2. The van der Waals surface area contributed by atoms with E-state index in [1.807, 2.05) is 0 Å². The van der Waals surface area contributed by atoms with Crippen molar-refractivity contribution in [3.05, 3.63) is 72.6 Å². The number of ether oxygens (including phenoxy) is 6. The average Bonchev–Trinajstić information content (AvgIpc) is 1.57. The monoisotopic (exact) mass is 1530 g/mol. The van der Waals surface area contributed by atoms with Crippen LogP contribution in [-0.4, -0.2) is 191 Å². The standard InChI is InChI=1S/C35H45F3N6O9S.C34H45ClN6O9S/c1-9-18-16-34(18,30(47)43-54(49,50)21-11-12-21)42-27(45)24-15-20(17-44(24)29(46)26(32(2,3)4)41-31(48)53-33(5,6)7)52-28-25(35(36,37)38)39-22-13-10-19(51-8)14-23(22)40-28;1-9-18-16-34(18,30(44)40-51(46,47)21-11-12-21)39-27(42)24-15-20(49-28-26(35)36-22-13-10-19(48-8)14-23(22)37-28)17-41(24)29(43)25(32(2,3)4)38-31(45)50-33(5,6)7/h9-10,13-14,18,20-21,24,26H,1,11-12,15-17H2,2-8H3,(H,41,48)(H,42,45)(H,43,47);9-10,13-14,18,20-21,24-25H,1,11-12,15-17H2,2-8H3,(H,38,45)(H,39,42)(H,40,44)/t18-,20-,24+,26-,34-;18-,20-,24+,25-,34-/m11/s1. The van der Waals surface area contributed by atoms with Crippen LogP contribution in [-0.2, 0) is 64.5 Å².